The van der Waals surface area contributed by atoms with Crippen LogP contribution in [0.2, 0.25) is 0 Å². The molecule has 7 nitrogen and oxygen atoms in total. The molecule has 3 N–H and O–H groups in total. The number of carbonyl (C=O) groups is 1. The summed E-state index contributed by atoms with van der Waals surface area (Å²) in [5, 5.41) is 24.7. The molecule has 18 heavy (non-hydrogen) atoms. The Morgan fingerprint density at radius 2 is 2.22 bits per heavy atom. The summed E-state index contributed by atoms with van der Waals surface area (Å²) in [5.74, 6) is -1.63. The second-order valence-corrected chi connectivity index (χ2v) is 3.71. The van der Waals surface area contributed by atoms with Crippen LogP contribution in [0.15, 0.2) is 30.7 Å². The van der Waals surface area contributed by atoms with Crippen LogP contribution in [0, 0.1) is 0 Å². The van der Waals surface area contributed by atoms with Crippen LogP contribution in [0.3, 0.4) is 0 Å². The molecule has 0 saturated carbocycles. The van der Waals surface area contributed by atoms with Crippen molar-refractivity contribution in [1.29, 1.82) is 0 Å². The monoisotopic (exact) mass is 244 g/mol. The maximum absolute atomic E-state index is 10.8. The van der Waals surface area contributed by atoms with Gasteiger partial charge in [0, 0.05) is 24.2 Å². The van der Waals surface area contributed by atoms with Crippen molar-refractivity contribution in [1.82, 2.24) is 19.6 Å². The predicted molar refractivity (Wildman–Crippen MR) is 61.4 cm³/mol. The van der Waals surface area contributed by atoms with E-state index < -0.39 is 5.97 Å². The van der Waals surface area contributed by atoms with E-state index >= 15 is 0 Å². The number of imidazole rings is 1. The van der Waals surface area contributed by atoms with Gasteiger partial charge in [0.05, 0.1) is 0 Å². The quantitative estimate of drug-likeness (QED) is 0.626. The summed E-state index contributed by atoms with van der Waals surface area (Å²) >= 11 is 0. The van der Waals surface area contributed by atoms with Gasteiger partial charge in [0.1, 0.15) is 11.3 Å². The fraction of sp³-hybridized carbons (Fsp3) is 0. The smallest absolute Gasteiger partial charge is 0.357 e. The van der Waals surface area contributed by atoms with E-state index in [1.54, 1.807) is 35.1 Å². The van der Waals surface area contributed by atoms with Crippen molar-refractivity contribution in [3.8, 4) is 17.0 Å². The summed E-state index contributed by atoms with van der Waals surface area (Å²) in [6.07, 6.45) is 5.11. The summed E-state index contributed by atoms with van der Waals surface area (Å²) in [6.45, 7) is 0. The number of rotatable bonds is 2. The molecule has 0 aliphatic heterocycles. The molecule has 3 aromatic rings. The Morgan fingerprint density at radius 3 is 2.94 bits per heavy atom. The highest BCUT2D eigenvalue weighted by atomic mass is 16.4. The van der Waals surface area contributed by atoms with Crippen molar-refractivity contribution < 1.29 is 15.0 Å². The van der Waals surface area contributed by atoms with E-state index in [1.165, 1.54) is 0 Å². The second kappa shape index (κ2) is 3.59. The number of nitrogens with one attached hydrogen (secondary N) is 1. The summed E-state index contributed by atoms with van der Waals surface area (Å²) in [7, 11) is 0. The Labute approximate surface area is 100 Å². The number of aromatic carboxylic acids is 1. The molecule has 0 aliphatic carbocycles. The number of carboxylic acid groups (broad SMARTS) is 1. The molecule has 0 bridgehead atoms. The number of aromatic amines is 1. The molecule has 0 aliphatic rings. The third kappa shape index (κ3) is 1.41. The first-order valence-corrected chi connectivity index (χ1v) is 5.10. The highest BCUT2D eigenvalue weighted by Gasteiger charge is 2.19. The summed E-state index contributed by atoms with van der Waals surface area (Å²) in [6, 6.07) is 3.47. The van der Waals surface area contributed by atoms with Crippen LogP contribution in [-0.4, -0.2) is 35.8 Å². The Hall–Kier alpha value is -2.83. The maximum Gasteiger partial charge on any atom is 0.357 e. The van der Waals surface area contributed by atoms with Crippen molar-refractivity contribution >= 4 is 11.6 Å². The number of hydrogen-bond acceptors (Lipinski definition) is 4. The van der Waals surface area contributed by atoms with Crippen molar-refractivity contribution in [2.75, 3.05) is 0 Å². The van der Waals surface area contributed by atoms with Gasteiger partial charge in [-0.15, -0.1) is 0 Å². The van der Waals surface area contributed by atoms with Crippen LogP contribution < -0.4 is 0 Å². The molecular weight excluding hydrogens is 236 g/mol. The average Bonchev–Trinajstić information content (AvgIpc) is 2.93. The number of hydrogen-bond donors (Lipinski definition) is 3. The van der Waals surface area contributed by atoms with Gasteiger partial charge in [0.15, 0.2) is 11.4 Å². The molecule has 3 heterocycles. The second-order valence-electron chi connectivity index (χ2n) is 3.71. The predicted octanol–water partition coefficient (Wildman–Crippen LogP) is 1.13. The van der Waals surface area contributed by atoms with E-state index in [0.717, 1.165) is 5.65 Å². The van der Waals surface area contributed by atoms with Crippen LogP contribution in [-0.2, 0) is 0 Å². The molecule has 0 spiro atoms. The number of pyridine rings is 1. The van der Waals surface area contributed by atoms with Gasteiger partial charge in [-0.05, 0) is 12.1 Å². The Balaban J connectivity index is 2.16. The van der Waals surface area contributed by atoms with Crippen LogP contribution in [0.5, 0.6) is 5.75 Å². The van der Waals surface area contributed by atoms with Gasteiger partial charge < -0.3 is 14.6 Å². The molecule has 3 rings (SSSR count). The van der Waals surface area contributed by atoms with Gasteiger partial charge in [-0.2, -0.15) is 5.10 Å². The molecule has 0 radical (unpaired) electrons. The van der Waals surface area contributed by atoms with E-state index in [9.17, 15) is 9.90 Å². The number of carboxylic acids is 1. The highest BCUT2D eigenvalue weighted by Crippen LogP contribution is 2.29. The number of aromatic nitrogens is 4. The highest BCUT2D eigenvalue weighted by molar-refractivity contribution is 5.91. The normalized spacial score (nSPS) is 10.9. The van der Waals surface area contributed by atoms with Gasteiger partial charge in [-0.3, -0.25) is 5.10 Å². The van der Waals surface area contributed by atoms with Gasteiger partial charge >= 0.3 is 5.97 Å². The minimum Gasteiger partial charge on any atom is -0.504 e. The molecule has 0 aromatic carbocycles. The first-order valence-electron chi connectivity index (χ1n) is 5.10. The first-order chi connectivity index (χ1) is 8.66. The molecule has 0 unspecified atom stereocenters. The maximum atomic E-state index is 10.8. The van der Waals surface area contributed by atoms with Crippen molar-refractivity contribution in [2.24, 2.45) is 0 Å². The molecule has 0 amide bonds. The summed E-state index contributed by atoms with van der Waals surface area (Å²) < 4.78 is 1.75. The zero-order valence-corrected chi connectivity index (χ0v) is 9.03. The molecular formula is C11H8N4O3. The zero-order valence-electron chi connectivity index (χ0n) is 9.03. The number of H-pyrrole nitrogens is 1. The van der Waals surface area contributed by atoms with E-state index in [4.69, 9.17) is 5.11 Å². The average molecular weight is 244 g/mol. The molecule has 0 saturated heterocycles. The van der Waals surface area contributed by atoms with E-state index in [-0.39, 0.29) is 17.1 Å². The fourth-order valence-corrected chi connectivity index (χ4v) is 1.75. The third-order valence-electron chi connectivity index (χ3n) is 2.62. The van der Waals surface area contributed by atoms with Crippen molar-refractivity contribution in [2.45, 2.75) is 0 Å². The molecule has 7 heteroatoms. The Morgan fingerprint density at radius 1 is 1.39 bits per heavy atom. The first kappa shape index (κ1) is 10.3. The lowest BCUT2D eigenvalue weighted by molar-refractivity contribution is 0.0687. The number of aromatic hydroxyl groups is 1. The Kier molecular flexibility index (Phi) is 2.06. The van der Waals surface area contributed by atoms with Gasteiger partial charge in [-0.25, -0.2) is 9.78 Å². The van der Waals surface area contributed by atoms with Gasteiger partial charge in [0.2, 0.25) is 0 Å². The van der Waals surface area contributed by atoms with Crippen LogP contribution in [0.4, 0.5) is 0 Å². The lowest BCUT2D eigenvalue weighted by atomic mass is 10.2. The summed E-state index contributed by atoms with van der Waals surface area (Å²) in [4.78, 5) is 14.9. The fourth-order valence-electron chi connectivity index (χ4n) is 1.75. The summed E-state index contributed by atoms with van der Waals surface area (Å²) in [5.41, 5.74) is 1.23. The van der Waals surface area contributed by atoms with Gasteiger partial charge in [0.25, 0.3) is 0 Å². The molecule has 0 atom stereocenters. The van der Waals surface area contributed by atoms with Crippen LogP contribution in [0.25, 0.3) is 16.9 Å². The van der Waals surface area contributed by atoms with E-state index in [1.807, 2.05) is 0 Å². The number of fused-ring (bicyclic) bond motifs is 1. The van der Waals surface area contributed by atoms with E-state index in [2.05, 4.69) is 15.2 Å². The largest absolute Gasteiger partial charge is 0.504 e. The standard InChI is InChI=1S/C11H8N4O3/c16-10-8(13-14-9(10)11(17)18)6-1-2-7-12-3-4-15(7)5-6/h1-5,16H,(H,13,14)(H,17,18). The molecule has 0 fully saturated rings. The van der Waals surface area contributed by atoms with Gasteiger partial charge in [-0.1, -0.05) is 0 Å². The van der Waals surface area contributed by atoms with Crippen molar-refractivity contribution in [3.63, 3.8) is 0 Å². The lowest BCUT2D eigenvalue weighted by Crippen LogP contribution is -1.96. The zero-order chi connectivity index (χ0) is 12.7. The lowest BCUT2D eigenvalue weighted by Gasteiger charge is -1.99. The van der Waals surface area contributed by atoms with E-state index in [0.29, 0.717) is 5.56 Å². The SMILES string of the molecule is O=C(O)c1[nH]nc(-c2ccc3nccn3c2)c1O. The van der Waals surface area contributed by atoms with Crippen LogP contribution >= 0.6 is 0 Å². The Bertz CT molecular complexity index is 744. The third-order valence-corrected chi connectivity index (χ3v) is 2.62. The van der Waals surface area contributed by atoms with Crippen molar-refractivity contribution in [3.05, 3.63) is 36.4 Å². The minimum atomic E-state index is -1.25. The number of nitrogens with zero attached hydrogens (tertiary/aromatic N) is 3. The topological polar surface area (TPSA) is 104 Å². The van der Waals surface area contributed by atoms with Crippen LogP contribution in [0.1, 0.15) is 10.5 Å². The molecule has 3 aromatic heterocycles. The molecule has 90 valence electrons. The minimum absolute atomic E-state index is 0.197.